The lowest BCUT2D eigenvalue weighted by Gasteiger charge is -1.98. The van der Waals surface area contributed by atoms with E-state index in [1.807, 2.05) is 0 Å². The minimum atomic E-state index is -0.486. The van der Waals surface area contributed by atoms with Crippen molar-refractivity contribution >= 4 is 23.8 Å². The fourth-order valence-electron chi connectivity index (χ4n) is 0.587. The highest BCUT2D eigenvalue weighted by Gasteiger charge is 2.05. The maximum atomic E-state index is 10.6. The molecule has 0 aliphatic rings. The van der Waals surface area contributed by atoms with Gasteiger partial charge in [0.25, 0.3) is 0 Å². The Morgan fingerprint density at radius 1 is 1.77 bits per heavy atom. The molecule has 1 aromatic heterocycles. The van der Waals surface area contributed by atoms with Crippen LogP contribution < -0.4 is 4.74 Å². The van der Waals surface area contributed by atoms with Crippen molar-refractivity contribution in [1.29, 1.82) is 0 Å². The average molecular weight is 201 g/mol. The number of nitrogens with zero attached hydrogens (tertiary/aromatic N) is 1. The summed E-state index contributed by atoms with van der Waals surface area (Å²) in [6, 6.07) is 1.46. The Kier molecular flexibility index (Phi) is 3.39. The molecule has 13 heavy (non-hydrogen) atoms. The van der Waals surface area contributed by atoms with Gasteiger partial charge in [-0.2, -0.15) is 4.37 Å². The Hall–Kier alpha value is -1.43. The Morgan fingerprint density at radius 2 is 2.54 bits per heavy atom. The molecule has 1 aromatic rings. The number of aldehydes is 1. The second-order valence-electron chi connectivity index (χ2n) is 2.05. The van der Waals surface area contributed by atoms with E-state index < -0.39 is 5.97 Å². The smallest absolute Gasteiger partial charge is 0.343 e. The zero-order valence-corrected chi connectivity index (χ0v) is 7.67. The molecule has 0 bridgehead atoms. The van der Waals surface area contributed by atoms with E-state index >= 15 is 0 Å². The van der Waals surface area contributed by atoms with Gasteiger partial charge in [0.2, 0.25) is 5.88 Å². The quantitative estimate of drug-likeness (QED) is 0.524. The highest BCUT2D eigenvalue weighted by atomic mass is 32.1. The van der Waals surface area contributed by atoms with E-state index in [4.69, 9.17) is 4.74 Å². The molecular weight excluding hydrogens is 194 g/mol. The molecule has 1 heterocycles. The number of esters is 1. The Bertz CT molecular complexity index is 309. The zero-order valence-electron chi connectivity index (χ0n) is 6.85. The van der Waals surface area contributed by atoms with Gasteiger partial charge in [-0.3, -0.25) is 4.79 Å². The Morgan fingerprint density at radius 3 is 3.08 bits per heavy atom. The summed E-state index contributed by atoms with van der Waals surface area (Å²) in [6.45, 7) is -0.196. The molecule has 70 valence electrons. The first-order valence-electron chi connectivity index (χ1n) is 3.37. The van der Waals surface area contributed by atoms with Crippen LogP contribution in [0.15, 0.2) is 6.07 Å². The molecule has 0 atom stereocenters. The van der Waals surface area contributed by atoms with Gasteiger partial charge in [-0.15, -0.1) is 0 Å². The number of rotatable bonds is 4. The van der Waals surface area contributed by atoms with Crippen LogP contribution in [0.1, 0.15) is 9.67 Å². The molecule has 0 unspecified atom stereocenters. The van der Waals surface area contributed by atoms with Crippen molar-refractivity contribution in [2.45, 2.75) is 0 Å². The first-order chi connectivity index (χ1) is 6.26. The normalized spacial score (nSPS) is 9.31. The number of carbonyl (C=O) groups excluding carboxylic acids is 2. The van der Waals surface area contributed by atoms with Crippen LogP contribution in [0.25, 0.3) is 0 Å². The van der Waals surface area contributed by atoms with Crippen molar-refractivity contribution in [3.8, 4) is 5.88 Å². The standard InChI is InChI=1S/C7H7NO4S/c1-11-7(10)4-12-6-2-5(3-9)13-8-6/h2-3H,4H2,1H3. The van der Waals surface area contributed by atoms with Crippen LogP contribution in [0.5, 0.6) is 5.88 Å². The van der Waals surface area contributed by atoms with Gasteiger partial charge in [0, 0.05) is 6.07 Å². The molecule has 0 saturated heterocycles. The van der Waals surface area contributed by atoms with Gasteiger partial charge in [-0.05, 0) is 11.5 Å². The third-order valence-electron chi connectivity index (χ3n) is 1.19. The molecular formula is C7H7NO4S. The topological polar surface area (TPSA) is 65.5 Å². The minimum Gasteiger partial charge on any atom is -0.466 e. The van der Waals surface area contributed by atoms with Crippen molar-refractivity contribution < 1.29 is 19.1 Å². The van der Waals surface area contributed by atoms with Gasteiger partial charge >= 0.3 is 5.97 Å². The van der Waals surface area contributed by atoms with E-state index in [9.17, 15) is 9.59 Å². The summed E-state index contributed by atoms with van der Waals surface area (Å²) >= 11 is 1.01. The summed E-state index contributed by atoms with van der Waals surface area (Å²) < 4.78 is 13.0. The summed E-state index contributed by atoms with van der Waals surface area (Å²) in [7, 11) is 1.27. The molecule has 5 nitrogen and oxygen atoms in total. The number of methoxy groups -OCH3 is 1. The fraction of sp³-hybridized carbons (Fsp3) is 0.286. The number of hydrogen-bond acceptors (Lipinski definition) is 6. The predicted octanol–water partition coefficient (Wildman–Crippen LogP) is 0.507. The second-order valence-corrected chi connectivity index (χ2v) is 2.89. The summed E-state index contributed by atoms with van der Waals surface area (Å²) in [4.78, 5) is 21.3. The molecule has 0 aromatic carbocycles. The Labute approximate surface area is 78.4 Å². The fourth-order valence-corrected chi connectivity index (χ4v) is 1.08. The first kappa shape index (κ1) is 9.66. The average Bonchev–Trinajstić information content (AvgIpc) is 2.61. The molecule has 0 spiro atoms. The van der Waals surface area contributed by atoms with Crippen molar-refractivity contribution in [3.63, 3.8) is 0 Å². The lowest BCUT2D eigenvalue weighted by molar-refractivity contribution is -0.143. The molecule has 0 N–H and O–H groups in total. The van der Waals surface area contributed by atoms with Gasteiger partial charge in [0.05, 0.1) is 12.0 Å². The van der Waals surface area contributed by atoms with E-state index in [0.717, 1.165) is 11.5 Å². The van der Waals surface area contributed by atoms with Gasteiger partial charge in [-0.1, -0.05) is 0 Å². The van der Waals surface area contributed by atoms with E-state index in [-0.39, 0.29) is 12.5 Å². The molecule has 0 aliphatic heterocycles. The highest BCUT2D eigenvalue weighted by Crippen LogP contribution is 2.14. The van der Waals surface area contributed by atoms with Crippen LogP contribution in [0.4, 0.5) is 0 Å². The second kappa shape index (κ2) is 4.56. The van der Waals surface area contributed by atoms with Crippen molar-refractivity contribution in [2.24, 2.45) is 0 Å². The molecule has 0 fully saturated rings. The van der Waals surface area contributed by atoms with Crippen LogP contribution in [-0.2, 0) is 9.53 Å². The monoisotopic (exact) mass is 201 g/mol. The lowest BCUT2D eigenvalue weighted by atomic mass is 10.5. The molecule has 0 saturated carbocycles. The van der Waals surface area contributed by atoms with Crippen LogP contribution in [0, 0.1) is 0 Å². The zero-order chi connectivity index (χ0) is 9.68. The molecule has 0 aliphatic carbocycles. The lowest BCUT2D eigenvalue weighted by Crippen LogP contribution is -2.12. The van der Waals surface area contributed by atoms with Crippen molar-refractivity contribution in [1.82, 2.24) is 4.37 Å². The highest BCUT2D eigenvalue weighted by molar-refractivity contribution is 7.07. The summed E-state index contributed by atoms with van der Waals surface area (Å²) in [5, 5.41) is 0. The third-order valence-corrected chi connectivity index (χ3v) is 1.88. The van der Waals surface area contributed by atoms with E-state index in [0.29, 0.717) is 11.2 Å². The van der Waals surface area contributed by atoms with E-state index in [1.165, 1.54) is 13.2 Å². The van der Waals surface area contributed by atoms with Crippen LogP contribution in [0.3, 0.4) is 0 Å². The number of ether oxygens (including phenoxy) is 2. The van der Waals surface area contributed by atoms with E-state index in [2.05, 4.69) is 9.11 Å². The number of hydrogen-bond donors (Lipinski definition) is 0. The number of carbonyl (C=O) groups is 2. The van der Waals surface area contributed by atoms with E-state index in [1.54, 1.807) is 0 Å². The van der Waals surface area contributed by atoms with Gasteiger partial charge in [0.1, 0.15) is 0 Å². The van der Waals surface area contributed by atoms with Crippen LogP contribution in [-0.4, -0.2) is 30.3 Å². The minimum absolute atomic E-state index is 0.196. The maximum Gasteiger partial charge on any atom is 0.343 e. The summed E-state index contributed by atoms with van der Waals surface area (Å²) in [6.07, 6.45) is 0.669. The van der Waals surface area contributed by atoms with Crippen LogP contribution in [0.2, 0.25) is 0 Å². The van der Waals surface area contributed by atoms with Crippen molar-refractivity contribution in [3.05, 3.63) is 10.9 Å². The van der Waals surface area contributed by atoms with Gasteiger partial charge in [-0.25, -0.2) is 4.79 Å². The first-order valence-corrected chi connectivity index (χ1v) is 4.15. The van der Waals surface area contributed by atoms with Gasteiger partial charge in [0.15, 0.2) is 12.9 Å². The predicted molar refractivity (Wildman–Crippen MR) is 45.0 cm³/mol. The van der Waals surface area contributed by atoms with Gasteiger partial charge < -0.3 is 9.47 Å². The molecule has 6 heteroatoms. The molecule has 1 rings (SSSR count). The summed E-state index contributed by atoms with van der Waals surface area (Å²) in [5.74, 6) is -0.224. The molecule has 0 radical (unpaired) electrons. The number of aromatic nitrogens is 1. The third kappa shape index (κ3) is 2.83. The largest absolute Gasteiger partial charge is 0.466 e. The maximum absolute atomic E-state index is 10.6. The SMILES string of the molecule is COC(=O)COc1cc(C=O)sn1. The molecule has 0 amide bonds. The Balaban J connectivity index is 2.45. The van der Waals surface area contributed by atoms with Crippen LogP contribution >= 0.6 is 11.5 Å². The van der Waals surface area contributed by atoms with Crippen molar-refractivity contribution in [2.75, 3.05) is 13.7 Å². The summed E-state index contributed by atoms with van der Waals surface area (Å²) in [5.41, 5.74) is 0.